The van der Waals surface area contributed by atoms with E-state index in [4.69, 9.17) is 5.73 Å². The fourth-order valence-electron chi connectivity index (χ4n) is 5.54. The van der Waals surface area contributed by atoms with Gasteiger partial charge in [0.05, 0.1) is 6.04 Å². The highest BCUT2D eigenvalue weighted by atomic mass is 16.2. The maximum Gasteiger partial charge on any atom is 0.245 e. The molecule has 6 heteroatoms. The molecule has 4 rings (SSSR count). The summed E-state index contributed by atoms with van der Waals surface area (Å²) in [5.41, 5.74) is 8.20. The Morgan fingerprint density at radius 1 is 1.00 bits per heavy atom. The molecule has 1 aliphatic rings. The van der Waals surface area contributed by atoms with Gasteiger partial charge < -0.3 is 20.9 Å². The van der Waals surface area contributed by atoms with Crippen LogP contribution >= 0.6 is 0 Å². The summed E-state index contributed by atoms with van der Waals surface area (Å²) in [4.78, 5) is 31.5. The molecule has 202 valence electrons. The summed E-state index contributed by atoms with van der Waals surface area (Å²) >= 11 is 0. The topological polar surface area (TPSA) is 78.7 Å². The average Bonchev–Trinajstić information content (AvgIpc) is 2.93. The molecule has 1 fully saturated rings. The highest BCUT2D eigenvalue weighted by Gasteiger charge is 2.37. The quantitative estimate of drug-likeness (QED) is 0.452. The Balaban J connectivity index is 1.56. The molecule has 1 heterocycles. The molecule has 0 unspecified atom stereocenters. The maximum absolute atomic E-state index is 14.0. The summed E-state index contributed by atoms with van der Waals surface area (Å²) in [5.74, 6) is 0.151. The number of nitrogens with two attached hydrogens (primary N) is 1. The standard InChI is InChI=1S/C32H42N4O2/c1-32(2,33)27-15-10-18-36(22-27)31(38)29(21-23-11-6-5-7-12-23)35(4)30(37)28(34-3)20-24-16-17-25-13-8-9-14-26(25)19-24/h5-9,11-14,16-17,19,27-29,34H,10,15,18,20-22,33H2,1-4H3/t27-,28+,29+/m0/s1. The molecule has 0 aliphatic carbocycles. The van der Waals surface area contributed by atoms with Gasteiger partial charge in [0.15, 0.2) is 0 Å². The van der Waals surface area contributed by atoms with E-state index < -0.39 is 12.1 Å². The monoisotopic (exact) mass is 514 g/mol. The van der Waals surface area contributed by atoms with Gasteiger partial charge in [-0.1, -0.05) is 72.8 Å². The molecule has 3 aromatic rings. The first kappa shape index (κ1) is 27.8. The van der Waals surface area contributed by atoms with E-state index in [2.05, 4.69) is 35.6 Å². The molecule has 0 aromatic heterocycles. The fourth-order valence-corrected chi connectivity index (χ4v) is 5.54. The predicted octanol–water partition coefficient (Wildman–Crippen LogP) is 4.02. The first-order chi connectivity index (χ1) is 18.2. The molecule has 0 saturated carbocycles. The fraction of sp³-hybridized carbons (Fsp3) is 0.438. The molecule has 0 radical (unpaired) electrons. The molecule has 2 amide bonds. The van der Waals surface area contributed by atoms with Gasteiger partial charge in [0.1, 0.15) is 6.04 Å². The number of fused-ring (bicyclic) bond motifs is 1. The van der Waals surface area contributed by atoms with Gasteiger partial charge in [0.25, 0.3) is 0 Å². The van der Waals surface area contributed by atoms with Crippen LogP contribution in [0.1, 0.15) is 37.8 Å². The van der Waals surface area contributed by atoms with Crippen LogP contribution in [0.25, 0.3) is 10.8 Å². The lowest BCUT2D eigenvalue weighted by atomic mass is 9.82. The molecule has 6 nitrogen and oxygen atoms in total. The summed E-state index contributed by atoms with van der Waals surface area (Å²) in [6.07, 6.45) is 2.96. The van der Waals surface area contributed by atoms with Gasteiger partial charge in [0.2, 0.25) is 11.8 Å². The highest BCUT2D eigenvalue weighted by Crippen LogP contribution is 2.27. The number of likely N-dealkylation sites (tertiary alicyclic amines) is 1. The molecule has 1 saturated heterocycles. The smallest absolute Gasteiger partial charge is 0.245 e. The Kier molecular flexibility index (Phi) is 8.85. The highest BCUT2D eigenvalue weighted by molar-refractivity contribution is 5.90. The zero-order valence-electron chi connectivity index (χ0n) is 23.2. The van der Waals surface area contributed by atoms with Crippen LogP contribution in [0.4, 0.5) is 0 Å². The van der Waals surface area contributed by atoms with Gasteiger partial charge >= 0.3 is 0 Å². The van der Waals surface area contributed by atoms with E-state index in [-0.39, 0.29) is 23.3 Å². The van der Waals surface area contributed by atoms with Crippen LogP contribution in [0.3, 0.4) is 0 Å². The molecular formula is C32H42N4O2. The minimum atomic E-state index is -0.586. The number of benzene rings is 3. The Bertz CT molecular complexity index is 1240. The van der Waals surface area contributed by atoms with Crippen LogP contribution in [0.2, 0.25) is 0 Å². The number of piperidine rings is 1. The van der Waals surface area contributed by atoms with Gasteiger partial charge in [-0.3, -0.25) is 9.59 Å². The van der Waals surface area contributed by atoms with Crippen molar-refractivity contribution in [3.63, 3.8) is 0 Å². The van der Waals surface area contributed by atoms with E-state index >= 15 is 0 Å². The number of amides is 2. The summed E-state index contributed by atoms with van der Waals surface area (Å²) in [7, 11) is 3.58. The second kappa shape index (κ2) is 12.1. The first-order valence-corrected chi connectivity index (χ1v) is 13.7. The summed E-state index contributed by atoms with van der Waals surface area (Å²) < 4.78 is 0. The van der Waals surface area contributed by atoms with Crippen molar-refractivity contribution in [2.24, 2.45) is 11.7 Å². The number of hydrogen-bond acceptors (Lipinski definition) is 4. The molecule has 3 atom stereocenters. The summed E-state index contributed by atoms with van der Waals surface area (Å²) in [6.45, 7) is 5.40. The molecule has 3 N–H and O–H groups in total. The number of hydrogen-bond donors (Lipinski definition) is 2. The number of carbonyl (C=O) groups excluding carboxylic acids is 2. The Labute approximate surface area is 227 Å². The predicted molar refractivity (Wildman–Crippen MR) is 155 cm³/mol. The summed E-state index contributed by atoms with van der Waals surface area (Å²) in [5, 5.41) is 5.54. The first-order valence-electron chi connectivity index (χ1n) is 13.7. The van der Waals surface area contributed by atoms with Crippen LogP contribution in [0, 0.1) is 5.92 Å². The Morgan fingerprint density at radius 2 is 1.68 bits per heavy atom. The Hall–Kier alpha value is -3.22. The Morgan fingerprint density at radius 3 is 2.37 bits per heavy atom. The largest absolute Gasteiger partial charge is 0.341 e. The number of likely N-dealkylation sites (N-methyl/N-ethyl adjacent to an activating group) is 2. The van der Waals surface area contributed by atoms with Gasteiger partial charge in [-0.15, -0.1) is 0 Å². The number of rotatable bonds is 9. The van der Waals surface area contributed by atoms with E-state index in [0.717, 1.165) is 29.4 Å². The van der Waals surface area contributed by atoms with Crippen molar-refractivity contribution in [3.05, 3.63) is 83.9 Å². The lowest BCUT2D eigenvalue weighted by Gasteiger charge is -2.42. The molecule has 1 aliphatic heterocycles. The van der Waals surface area contributed by atoms with Gasteiger partial charge in [-0.05, 0) is 68.0 Å². The lowest BCUT2D eigenvalue weighted by Crippen LogP contribution is -2.58. The average molecular weight is 515 g/mol. The van der Waals surface area contributed by atoms with E-state index in [9.17, 15) is 9.59 Å². The lowest BCUT2D eigenvalue weighted by molar-refractivity contribution is -0.147. The van der Waals surface area contributed by atoms with Crippen molar-refractivity contribution in [2.45, 2.75) is 57.2 Å². The van der Waals surface area contributed by atoms with Crippen LogP contribution in [0.5, 0.6) is 0 Å². The zero-order valence-corrected chi connectivity index (χ0v) is 23.2. The normalized spacial score (nSPS) is 17.7. The number of carbonyl (C=O) groups is 2. The van der Waals surface area contributed by atoms with Crippen molar-refractivity contribution in [2.75, 3.05) is 27.2 Å². The molecular weight excluding hydrogens is 472 g/mol. The van der Waals surface area contributed by atoms with E-state index in [0.29, 0.717) is 25.9 Å². The second-order valence-electron chi connectivity index (χ2n) is 11.3. The van der Waals surface area contributed by atoms with Crippen molar-refractivity contribution < 1.29 is 9.59 Å². The van der Waals surface area contributed by atoms with E-state index in [1.807, 2.05) is 68.3 Å². The number of nitrogens with one attached hydrogen (secondary N) is 1. The van der Waals surface area contributed by atoms with Crippen LogP contribution < -0.4 is 11.1 Å². The number of nitrogens with zero attached hydrogens (tertiary/aromatic N) is 2. The minimum absolute atomic E-state index is 0.000730. The van der Waals surface area contributed by atoms with Crippen molar-refractivity contribution in [1.29, 1.82) is 0 Å². The molecule has 0 spiro atoms. The molecule has 0 bridgehead atoms. The maximum atomic E-state index is 14.0. The van der Waals surface area contributed by atoms with Gasteiger partial charge in [-0.2, -0.15) is 0 Å². The third-order valence-corrected chi connectivity index (χ3v) is 8.06. The van der Waals surface area contributed by atoms with Crippen molar-refractivity contribution >= 4 is 22.6 Å². The van der Waals surface area contributed by atoms with E-state index in [1.165, 1.54) is 5.39 Å². The minimum Gasteiger partial charge on any atom is -0.341 e. The van der Waals surface area contributed by atoms with Crippen molar-refractivity contribution in [1.82, 2.24) is 15.1 Å². The SMILES string of the molecule is CN[C@H](Cc1ccc2ccccc2c1)C(=O)N(C)[C@H](Cc1ccccc1)C(=O)N1CCC[C@H](C(C)(C)N)C1. The molecule has 3 aromatic carbocycles. The summed E-state index contributed by atoms with van der Waals surface area (Å²) in [6, 6.07) is 23.5. The third-order valence-electron chi connectivity index (χ3n) is 8.06. The van der Waals surface area contributed by atoms with E-state index in [1.54, 1.807) is 11.9 Å². The van der Waals surface area contributed by atoms with Gasteiger partial charge in [0, 0.05) is 32.1 Å². The third kappa shape index (κ3) is 6.61. The molecule has 38 heavy (non-hydrogen) atoms. The van der Waals surface area contributed by atoms with Crippen LogP contribution in [-0.2, 0) is 22.4 Å². The van der Waals surface area contributed by atoms with Crippen LogP contribution in [-0.4, -0.2) is 66.4 Å². The zero-order chi connectivity index (χ0) is 27.3. The van der Waals surface area contributed by atoms with Crippen LogP contribution in [0.15, 0.2) is 72.8 Å². The van der Waals surface area contributed by atoms with Gasteiger partial charge in [-0.25, -0.2) is 0 Å². The van der Waals surface area contributed by atoms with Crippen molar-refractivity contribution in [3.8, 4) is 0 Å². The second-order valence-corrected chi connectivity index (χ2v) is 11.3.